The number of anilines is 1. The molecule has 1 aliphatic rings. The molecule has 0 aliphatic carbocycles. The van der Waals surface area contributed by atoms with Gasteiger partial charge in [0.05, 0.1) is 24.0 Å². The van der Waals surface area contributed by atoms with Gasteiger partial charge in [0.25, 0.3) is 0 Å². The Balaban J connectivity index is 1.83. The molecule has 4 nitrogen and oxygen atoms in total. The van der Waals surface area contributed by atoms with Crippen LogP contribution in [-0.2, 0) is 13.1 Å². The van der Waals surface area contributed by atoms with Gasteiger partial charge >= 0.3 is 0 Å². The van der Waals surface area contributed by atoms with E-state index in [1.807, 2.05) is 31.4 Å². The summed E-state index contributed by atoms with van der Waals surface area (Å²) in [5.74, 6) is 0. The molecular weight excluding hydrogens is 310 g/mol. The van der Waals surface area contributed by atoms with E-state index in [9.17, 15) is 5.11 Å². The summed E-state index contributed by atoms with van der Waals surface area (Å²) in [5.41, 5.74) is 3.40. The van der Waals surface area contributed by atoms with Crippen LogP contribution in [0.5, 0.6) is 0 Å². The third-order valence-electron chi connectivity index (χ3n) is 4.48. The van der Waals surface area contributed by atoms with Gasteiger partial charge < -0.3 is 10.0 Å². The third kappa shape index (κ3) is 3.83. The van der Waals surface area contributed by atoms with Crippen molar-refractivity contribution < 1.29 is 5.11 Å². The van der Waals surface area contributed by atoms with Crippen LogP contribution in [0.25, 0.3) is 0 Å². The lowest BCUT2D eigenvalue weighted by molar-refractivity contribution is 0.204. The van der Waals surface area contributed by atoms with E-state index in [0.717, 1.165) is 42.5 Å². The molecule has 0 unspecified atom stereocenters. The van der Waals surface area contributed by atoms with Gasteiger partial charge in [0.1, 0.15) is 0 Å². The summed E-state index contributed by atoms with van der Waals surface area (Å²) in [6.45, 7) is 2.74. The molecule has 122 valence electrons. The van der Waals surface area contributed by atoms with Crippen molar-refractivity contribution in [2.75, 3.05) is 25.1 Å². The molecule has 1 aromatic carbocycles. The van der Waals surface area contributed by atoms with Crippen LogP contribution in [0.3, 0.4) is 0 Å². The van der Waals surface area contributed by atoms with E-state index in [1.165, 1.54) is 5.56 Å². The Morgan fingerprint density at radius 1 is 1.26 bits per heavy atom. The number of likely N-dealkylation sites (N-methyl/N-ethyl adjacent to an activating group) is 1. The zero-order valence-corrected chi connectivity index (χ0v) is 14.1. The van der Waals surface area contributed by atoms with Crippen molar-refractivity contribution in [2.24, 2.45) is 0 Å². The van der Waals surface area contributed by atoms with Crippen molar-refractivity contribution in [1.29, 1.82) is 0 Å². The minimum atomic E-state index is 0.117. The summed E-state index contributed by atoms with van der Waals surface area (Å²) >= 11 is 5.97. The first-order valence-corrected chi connectivity index (χ1v) is 8.29. The van der Waals surface area contributed by atoms with E-state index in [-0.39, 0.29) is 12.6 Å². The zero-order chi connectivity index (χ0) is 16.2. The lowest BCUT2D eigenvalue weighted by Crippen LogP contribution is -2.41. The molecule has 5 heteroatoms. The molecule has 0 saturated heterocycles. The van der Waals surface area contributed by atoms with Crippen LogP contribution in [0.15, 0.2) is 42.6 Å². The fourth-order valence-corrected chi connectivity index (χ4v) is 3.21. The van der Waals surface area contributed by atoms with Gasteiger partial charge in [-0.25, -0.2) is 0 Å². The number of nitrogens with zero attached hydrogens (tertiary/aromatic N) is 3. The Morgan fingerprint density at radius 3 is 2.78 bits per heavy atom. The highest BCUT2D eigenvalue weighted by atomic mass is 35.5. The third-order valence-corrected chi connectivity index (χ3v) is 4.73. The number of hydrogen-bond acceptors (Lipinski definition) is 4. The van der Waals surface area contributed by atoms with E-state index >= 15 is 0 Å². The molecule has 3 rings (SSSR count). The second-order valence-corrected chi connectivity index (χ2v) is 6.48. The number of aromatic nitrogens is 1. The topological polar surface area (TPSA) is 39.6 Å². The SMILES string of the molecule is CN1c2cccnc2CN(Cc2ccc(Cl)cc2)CC[C@H]1CO. The van der Waals surface area contributed by atoms with Gasteiger partial charge in [0.15, 0.2) is 0 Å². The lowest BCUT2D eigenvalue weighted by Gasteiger charge is -2.35. The minimum absolute atomic E-state index is 0.117. The summed E-state index contributed by atoms with van der Waals surface area (Å²) in [5, 5.41) is 10.5. The quantitative estimate of drug-likeness (QED) is 0.938. The number of hydrogen-bond donors (Lipinski definition) is 1. The summed E-state index contributed by atoms with van der Waals surface area (Å²) in [6.07, 6.45) is 2.76. The van der Waals surface area contributed by atoms with E-state index in [0.29, 0.717) is 0 Å². The highest BCUT2D eigenvalue weighted by Gasteiger charge is 2.23. The van der Waals surface area contributed by atoms with Crippen molar-refractivity contribution in [1.82, 2.24) is 9.88 Å². The maximum absolute atomic E-state index is 9.72. The van der Waals surface area contributed by atoms with Crippen molar-refractivity contribution in [2.45, 2.75) is 25.6 Å². The fourth-order valence-electron chi connectivity index (χ4n) is 3.08. The molecule has 23 heavy (non-hydrogen) atoms. The summed E-state index contributed by atoms with van der Waals surface area (Å²) < 4.78 is 0. The van der Waals surface area contributed by atoms with Crippen LogP contribution in [0.1, 0.15) is 17.7 Å². The van der Waals surface area contributed by atoms with Crippen LogP contribution < -0.4 is 4.90 Å². The number of aliphatic hydroxyl groups excluding tert-OH is 1. The van der Waals surface area contributed by atoms with Crippen molar-refractivity contribution >= 4 is 17.3 Å². The number of halogens is 1. The van der Waals surface area contributed by atoms with E-state index < -0.39 is 0 Å². The van der Waals surface area contributed by atoms with E-state index in [4.69, 9.17) is 11.6 Å². The standard InChI is InChI=1S/C18H22ClN3O/c1-21-16(13-23)8-10-22(11-14-4-6-15(19)7-5-14)12-17-18(21)3-2-9-20-17/h2-7,9,16,23H,8,10-13H2,1H3/t16-/m0/s1. The average Bonchev–Trinajstić information content (AvgIpc) is 2.56. The second kappa shape index (κ2) is 7.30. The normalized spacial score (nSPS) is 19.1. The Labute approximate surface area is 142 Å². The van der Waals surface area contributed by atoms with Crippen molar-refractivity contribution in [3.63, 3.8) is 0 Å². The van der Waals surface area contributed by atoms with Gasteiger partial charge in [0.2, 0.25) is 0 Å². The van der Waals surface area contributed by atoms with Crippen molar-refractivity contribution in [3.05, 3.63) is 58.9 Å². The van der Waals surface area contributed by atoms with Crippen LogP contribution in [-0.4, -0.2) is 41.2 Å². The molecule has 0 bridgehead atoms. The number of aliphatic hydroxyl groups is 1. The molecule has 0 spiro atoms. The maximum Gasteiger partial charge on any atom is 0.0776 e. The summed E-state index contributed by atoms with van der Waals surface area (Å²) in [7, 11) is 2.04. The number of fused-ring (bicyclic) bond motifs is 1. The molecule has 0 radical (unpaired) electrons. The highest BCUT2D eigenvalue weighted by Crippen LogP contribution is 2.25. The van der Waals surface area contributed by atoms with Crippen LogP contribution in [0.2, 0.25) is 5.02 Å². The van der Waals surface area contributed by atoms with Gasteiger partial charge in [-0.05, 0) is 36.2 Å². The molecule has 1 N–H and O–H groups in total. The van der Waals surface area contributed by atoms with Crippen LogP contribution >= 0.6 is 11.6 Å². The van der Waals surface area contributed by atoms with Crippen LogP contribution in [0, 0.1) is 0 Å². The smallest absolute Gasteiger partial charge is 0.0776 e. The average molecular weight is 332 g/mol. The molecule has 0 saturated carbocycles. The molecule has 2 heterocycles. The van der Waals surface area contributed by atoms with Gasteiger partial charge in [-0.1, -0.05) is 23.7 Å². The highest BCUT2D eigenvalue weighted by molar-refractivity contribution is 6.30. The second-order valence-electron chi connectivity index (χ2n) is 6.04. The first kappa shape index (κ1) is 16.2. The molecule has 1 atom stereocenters. The van der Waals surface area contributed by atoms with E-state index in [2.05, 4.69) is 33.0 Å². The minimum Gasteiger partial charge on any atom is -0.394 e. The van der Waals surface area contributed by atoms with Gasteiger partial charge in [0, 0.05) is 37.9 Å². The fraction of sp³-hybridized carbons (Fsp3) is 0.389. The Hall–Kier alpha value is -1.62. The van der Waals surface area contributed by atoms with E-state index in [1.54, 1.807) is 0 Å². The Bertz CT molecular complexity index is 647. The summed E-state index contributed by atoms with van der Waals surface area (Å²) in [4.78, 5) is 9.09. The van der Waals surface area contributed by atoms with Gasteiger partial charge in [-0.15, -0.1) is 0 Å². The Morgan fingerprint density at radius 2 is 2.04 bits per heavy atom. The predicted octanol–water partition coefficient (Wildman–Crippen LogP) is 2.94. The maximum atomic E-state index is 9.72. The molecule has 0 fully saturated rings. The van der Waals surface area contributed by atoms with Gasteiger partial charge in [-0.3, -0.25) is 9.88 Å². The molecular formula is C18H22ClN3O. The molecule has 1 aromatic heterocycles. The first-order valence-electron chi connectivity index (χ1n) is 7.92. The largest absolute Gasteiger partial charge is 0.394 e. The molecule has 0 amide bonds. The van der Waals surface area contributed by atoms with Crippen LogP contribution in [0.4, 0.5) is 5.69 Å². The molecule has 1 aliphatic heterocycles. The predicted molar refractivity (Wildman–Crippen MR) is 93.7 cm³/mol. The zero-order valence-electron chi connectivity index (χ0n) is 13.3. The molecule has 2 aromatic rings. The van der Waals surface area contributed by atoms with Crippen molar-refractivity contribution in [3.8, 4) is 0 Å². The number of rotatable bonds is 3. The van der Waals surface area contributed by atoms with Gasteiger partial charge in [-0.2, -0.15) is 0 Å². The number of benzene rings is 1. The lowest BCUT2D eigenvalue weighted by atomic mass is 10.1. The number of pyridine rings is 1. The Kier molecular flexibility index (Phi) is 5.16. The monoisotopic (exact) mass is 331 g/mol. The first-order chi connectivity index (χ1) is 11.2. The summed E-state index contributed by atoms with van der Waals surface area (Å²) in [6, 6.07) is 12.1.